The Balaban J connectivity index is 1.50. The molecule has 3 aromatic rings. The number of rotatable bonds is 4. The Hall–Kier alpha value is -2.66. The predicted octanol–water partition coefficient (Wildman–Crippen LogP) is 4.37. The van der Waals surface area contributed by atoms with Crippen LogP contribution in [-0.2, 0) is 6.54 Å². The maximum atomic E-state index is 12.6. The van der Waals surface area contributed by atoms with Crippen molar-refractivity contribution < 1.29 is 9.21 Å². The zero-order valence-electron chi connectivity index (χ0n) is 15.0. The second-order valence-electron chi connectivity index (χ2n) is 6.89. The van der Waals surface area contributed by atoms with Crippen molar-refractivity contribution in [2.45, 2.75) is 32.7 Å². The van der Waals surface area contributed by atoms with Gasteiger partial charge in [0.1, 0.15) is 5.76 Å². The van der Waals surface area contributed by atoms with Crippen LogP contribution in [0.3, 0.4) is 0 Å². The number of fused-ring (bicyclic) bond motifs is 1. The monoisotopic (exact) mass is 349 g/mol. The first-order valence-electron chi connectivity index (χ1n) is 9.18. The Kier molecular flexibility index (Phi) is 4.71. The van der Waals surface area contributed by atoms with Crippen molar-refractivity contribution >= 4 is 22.5 Å². The molecule has 3 heterocycles. The van der Waals surface area contributed by atoms with Crippen LogP contribution in [0.2, 0.25) is 0 Å². The lowest BCUT2D eigenvalue weighted by molar-refractivity contribution is 0.0992. The van der Waals surface area contributed by atoms with E-state index in [1.54, 1.807) is 6.07 Å². The van der Waals surface area contributed by atoms with Gasteiger partial charge in [0.05, 0.1) is 17.7 Å². The summed E-state index contributed by atoms with van der Waals surface area (Å²) in [6.07, 6.45) is 3.78. The summed E-state index contributed by atoms with van der Waals surface area (Å²) in [5, 5.41) is 3.90. The molecule has 1 saturated heterocycles. The van der Waals surface area contributed by atoms with E-state index in [2.05, 4.69) is 15.2 Å². The third kappa shape index (κ3) is 3.63. The van der Waals surface area contributed by atoms with Crippen LogP contribution < -0.4 is 5.32 Å². The molecule has 0 radical (unpaired) electrons. The smallest absolute Gasteiger partial charge is 0.291 e. The first kappa shape index (κ1) is 16.8. The van der Waals surface area contributed by atoms with Crippen molar-refractivity contribution in [2.24, 2.45) is 0 Å². The van der Waals surface area contributed by atoms with Gasteiger partial charge in [0.15, 0.2) is 5.76 Å². The summed E-state index contributed by atoms with van der Waals surface area (Å²) in [6, 6.07) is 13.3. The molecule has 1 aliphatic rings. The zero-order valence-corrected chi connectivity index (χ0v) is 15.0. The predicted molar refractivity (Wildman–Crippen MR) is 102 cm³/mol. The summed E-state index contributed by atoms with van der Waals surface area (Å²) in [7, 11) is 0. The van der Waals surface area contributed by atoms with Crippen LogP contribution in [0.15, 0.2) is 46.9 Å². The molecule has 26 heavy (non-hydrogen) atoms. The van der Waals surface area contributed by atoms with Gasteiger partial charge in [0, 0.05) is 11.1 Å². The van der Waals surface area contributed by atoms with Crippen LogP contribution in [-0.4, -0.2) is 28.9 Å². The maximum absolute atomic E-state index is 12.6. The molecule has 2 aromatic heterocycles. The number of para-hydroxylation sites is 1. The summed E-state index contributed by atoms with van der Waals surface area (Å²) in [4.78, 5) is 19.5. The summed E-state index contributed by atoms with van der Waals surface area (Å²) in [5.74, 6) is 0.953. The summed E-state index contributed by atoms with van der Waals surface area (Å²) in [6.45, 7) is 4.89. The molecule has 5 nitrogen and oxygen atoms in total. The Bertz CT molecular complexity index is 926. The van der Waals surface area contributed by atoms with Gasteiger partial charge in [-0.05, 0) is 57.1 Å². The molecule has 0 unspecified atom stereocenters. The van der Waals surface area contributed by atoms with E-state index in [1.165, 1.54) is 19.3 Å². The average molecular weight is 349 g/mol. The van der Waals surface area contributed by atoms with E-state index in [0.717, 1.165) is 47.7 Å². The molecule has 0 bridgehead atoms. The third-order valence-corrected chi connectivity index (χ3v) is 4.81. The lowest BCUT2D eigenvalue weighted by Gasteiger charge is -2.25. The number of carbonyl (C=O) groups excluding carboxylic acids is 1. The number of carbonyl (C=O) groups is 1. The number of aryl methyl sites for hydroxylation is 1. The number of benzene rings is 1. The molecule has 0 atom stereocenters. The Morgan fingerprint density at radius 3 is 2.81 bits per heavy atom. The van der Waals surface area contributed by atoms with E-state index in [1.807, 2.05) is 43.3 Å². The maximum Gasteiger partial charge on any atom is 0.291 e. The van der Waals surface area contributed by atoms with E-state index in [0.29, 0.717) is 5.76 Å². The van der Waals surface area contributed by atoms with Crippen molar-refractivity contribution in [3.8, 4) is 0 Å². The molecule has 5 heteroatoms. The van der Waals surface area contributed by atoms with Crippen LogP contribution in [0.4, 0.5) is 5.69 Å². The van der Waals surface area contributed by atoms with Gasteiger partial charge in [-0.15, -0.1) is 0 Å². The second kappa shape index (κ2) is 7.30. The topological polar surface area (TPSA) is 58.4 Å². The van der Waals surface area contributed by atoms with Gasteiger partial charge in [-0.2, -0.15) is 0 Å². The molecule has 1 N–H and O–H groups in total. The van der Waals surface area contributed by atoms with Crippen LogP contribution in [0, 0.1) is 6.92 Å². The second-order valence-corrected chi connectivity index (χ2v) is 6.89. The SMILES string of the molecule is Cc1cc(NC(=O)c2ccc(CN3CCCCC3)o2)c2ccccc2n1. The average Bonchev–Trinajstić information content (AvgIpc) is 3.11. The summed E-state index contributed by atoms with van der Waals surface area (Å²) < 4.78 is 5.79. The van der Waals surface area contributed by atoms with Crippen molar-refractivity contribution in [1.82, 2.24) is 9.88 Å². The number of nitrogens with one attached hydrogen (secondary N) is 1. The molecule has 134 valence electrons. The highest BCUT2D eigenvalue weighted by molar-refractivity contribution is 6.07. The first-order valence-corrected chi connectivity index (χ1v) is 9.18. The number of piperidine rings is 1. The minimum atomic E-state index is -0.231. The number of pyridine rings is 1. The number of furan rings is 1. The summed E-state index contributed by atoms with van der Waals surface area (Å²) >= 11 is 0. The van der Waals surface area contributed by atoms with Crippen LogP contribution in [0.5, 0.6) is 0 Å². The number of hydrogen-bond acceptors (Lipinski definition) is 4. The van der Waals surface area contributed by atoms with Gasteiger partial charge in [0.2, 0.25) is 0 Å². The van der Waals surface area contributed by atoms with Crippen molar-refractivity contribution in [2.75, 3.05) is 18.4 Å². The number of aromatic nitrogens is 1. The lowest BCUT2D eigenvalue weighted by Crippen LogP contribution is -2.28. The first-order chi connectivity index (χ1) is 12.7. The van der Waals surface area contributed by atoms with Gasteiger partial charge >= 0.3 is 0 Å². The third-order valence-electron chi connectivity index (χ3n) is 4.81. The molecule has 1 fully saturated rings. The Morgan fingerprint density at radius 2 is 1.96 bits per heavy atom. The molecule has 0 aliphatic carbocycles. The fourth-order valence-electron chi connectivity index (χ4n) is 3.52. The minimum Gasteiger partial charge on any atom is -0.455 e. The van der Waals surface area contributed by atoms with Crippen molar-refractivity contribution in [3.63, 3.8) is 0 Å². The van der Waals surface area contributed by atoms with E-state index in [-0.39, 0.29) is 5.91 Å². The molecule has 1 aromatic carbocycles. The molecular weight excluding hydrogens is 326 g/mol. The van der Waals surface area contributed by atoms with E-state index >= 15 is 0 Å². The van der Waals surface area contributed by atoms with Gasteiger partial charge in [-0.1, -0.05) is 24.6 Å². The number of hydrogen-bond donors (Lipinski definition) is 1. The number of amides is 1. The fourth-order valence-corrected chi connectivity index (χ4v) is 3.52. The number of anilines is 1. The van der Waals surface area contributed by atoms with Crippen molar-refractivity contribution in [1.29, 1.82) is 0 Å². The Morgan fingerprint density at radius 1 is 1.15 bits per heavy atom. The molecule has 1 amide bonds. The minimum absolute atomic E-state index is 0.231. The molecule has 1 aliphatic heterocycles. The quantitative estimate of drug-likeness (QED) is 0.760. The molecule has 0 saturated carbocycles. The highest BCUT2D eigenvalue weighted by Gasteiger charge is 2.16. The summed E-state index contributed by atoms with van der Waals surface area (Å²) in [5.41, 5.74) is 2.49. The van der Waals surface area contributed by atoms with E-state index < -0.39 is 0 Å². The molecular formula is C21H23N3O2. The van der Waals surface area contributed by atoms with Crippen molar-refractivity contribution in [3.05, 3.63) is 59.7 Å². The standard InChI is InChI=1S/C21H23N3O2/c1-15-13-19(17-7-3-4-8-18(17)22-15)23-21(25)20-10-9-16(26-20)14-24-11-5-2-6-12-24/h3-4,7-10,13H,2,5-6,11-12,14H2,1H3,(H,22,23,25). The van der Waals surface area contributed by atoms with Crippen LogP contribution in [0.1, 0.15) is 41.3 Å². The number of nitrogens with zero attached hydrogens (tertiary/aromatic N) is 2. The lowest BCUT2D eigenvalue weighted by atomic mass is 10.1. The molecule has 0 spiro atoms. The normalized spacial score (nSPS) is 15.3. The zero-order chi connectivity index (χ0) is 17.9. The highest BCUT2D eigenvalue weighted by atomic mass is 16.4. The van der Waals surface area contributed by atoms with Gasteiger partial charge in [-0.3, -0.25) is 14.7 Å². The van der Waals surface area contributed by atoms with Gasteiger partial charge < -0.3 is 9.73 Å². The number of likely N-dealkylation sites (tertiary alicyclic amines) is 1. The van der Waals surface area contributed by atoms with E-state index in [9.17, 15) is 4.79 Å². The van der Waals surface area contributed by atoms with Gasteiger partial charge in [-0.25, -0.2) is 0 Å². The highest BCUT2D eigenvalue weighted by Crippen LogP contribution is 2.24. The Labute approximate surface area is 153 Å². The largest absolute Gasteiger partial charge is 0.455 e. The van der Waals surface area contributed by atoms with Crippen LogP contribution in [0.25, 0.3) is 10.9 Å². The van der Waals surface area contributed by atoms with Crippen LogP contribution >= 0.6 is 0 Å². The fraction of sp³-hybridized carbons (Fsp3) is 0.333. The van der Waals surface area contributed by atoms with E-state index in [4.69, 9.17) is 4.42 Å². The van der Waals surface area contributed by atoms with Gasteiger partial charge in [0.25, 0.3) is 5.91 Å². The molecule has 4 rings (SSSR count).